The number of hydrogen-bond acceptors (Lipinski definition) is 7. The molecule has 0 aromatic carbocycles. The van der Waals surface area contributed by atoms with Gasteiger partial charge < -0.3 is 9.80 Å². The van der Waals surface area contributed by atoms with Gasteiger partial charge in [-0.3, -0.25) is 5.43 Å². The van der Waals surface area contributed by atoms with Crippen molar-refractivity contribution in [2.24, 2.45) is 5.84 Å². The van der Waals surface area contributed by atoms with Gasteiger partial charge in [0.1, 0.15) is 10.6 Å². The zero-order chi connectivity index (χ0) is 13.9. The van der Waals surface area contributed by atoms with Crippen molar-refractivity contribution in [1.29, 1.82) is 0 Å². The fraction of sp³-hybridized carbons (Fsp3) is 0.538. The first-order chi connectivity index (χ1) is 9.78. The lowest BCUT2D eigenvalue weighted by atomic mass is 10.3. The average molecular weight is 292 g/mol. The summed E-state index contributed by atoms with van der Waals surface area (Å²) < 4.78 is 0. The number of hydrogen-bond donors (Lipinski definition) is 2. The maximum atomic E-state index is 5.46. The molecule has 0 aliphatic carbocycles. The third kappa shape index (κ3) is 2.70. The van der Waals surface area contributed by atoms with E-state index in [1.54, 1.807) is 11.3 Å². The Labute approximate surface area is 122 Å². The van der Waals surface area contributed by atoms with Crippen molar-refractivity contribution >= 4 is 33.3 Å². The van der Waals surface area contributed by atoms with Crippen molar-refractivity contribution in [3.63, 3.8) is 0 Å². The normalized spacial score (nSPS) is 15.9. The zero-order valence-electron chi connectivity index (χ0n) is 11.7. The van der Waals surface area contributed by atoms with Crippen LogP contribution in [0, 0.1) is 0 Å². The molecule has 1 fully saturated rings. The summed E-state index contributed by atoms with van der Waals surface area (Å²) >= 11 is 1.61. The molecule has 108 valence electrons. The number of nitrogens with two attached hydrogens (primary N) is 1. The Kier molecular flexibility index (Phi) is 4.00. The van der Waals surface area contributed by atoms with Gasteiger partial charge in [0.15, 0.2) is 0 Å². The van der Waals surface area contributed by atoms with Gasteiger partial charge in [0, 0.05) is 20.1 Å². The van der Waals surface area contributed by atoms with E-state index in [9.17, 15) is 0 Å². The topological polar surface area (TPSA) is 70.3 Å². The Morgan fingerprint density at radius 1 is 1.40 bits per heavy atom. The van der Waals surface area contributed by atoms with Crippen LogP contribution in [0.3, 0.4) is 0 Å². The summed E-state index contributed by atoms with van der Waals surface area (Å²) in [6.45, 7) is 4.49. The van der Waals surface area contributed by atoms with Gasteiger partial charge in [-0.25, -0.2) is 10.8 Å². The molecule has 2 aromatic heterocycles. The molecular formula is C13H20N6S. The molecule has 1 saturated heterocycles. The second-order valence-corrected chi connectivity index (χ2v) is 6.02. The van der Waals surface area contributed by atoms with Crippen molar-refractivity contribution in [1.82, 2.24) is 14.9 Å². The standard InChI is InChI=1S/C13H20N6S/c1-18(7-8-19-5-2-3-6-19)11-10-4-9-20-12(10)16-13(15-11)17-14/h4,9H,2-3,5-8,14H2,1H3,(H,15,16,17). The van der Waals surface area contributed by atoms with E-state index in [0.717, 1.165) is 29.1 Å². The highest BCUT2D eigenvalue weighted by molar-refractivity contribution is 7.16. The molecule has 3 N–H and O–H groups in total. The molecule has 0 bridgehead atoms. The van der Waals surface area contributed by atoms with Gasteiger partial charge in [-0.2, -0.15) is 4.98 Å². The van der Waals surface area contributed by atoms with Crippen LogP contribution in [0.25, 0.3) is 10.2 Å². The van der Waals surface area contributed by atoms with Crippen molar-refractivity contribution in [2.45, 2.75) is 12.8 Å². The third-order valence-corrected chi connectivity index (χ3v) is 4.55. The summed E-state index contributed by atoms with van der Waals surface area (Å²) in [5.74, 6) is 6.88. The van der Waals surface area contributed by atoms with Crippen LogP contribution < -0.4 is 16.2 Å². The maximum Gasteiger partial charge on any atom is 0.240 e. The van der Waals surface area contributed by atoms with Crippen LogP contribution >= 0.6 is 11.3 Å². The Morgan fingerprint density at radius 2 is 2.20 bits per heavy atom. The molecule has 1 aliphatic heterocycles. The van der Waals surface area contributed by atoms with Crippen LogP contribution in [0.4, 0.5) is 11.8 Å². The van der Waals surface area contributed by atoms with Crippen molar-refractivity contribution in [2.75, 3.05) is 43.6 Å². The van der Waals surface area contributed by atoms with Crippen LogP contribution in [0.1, 0.15) is 12.8 Å². The number of hydrazine groups is 1. The lowest BCUT2D eigenvalue weighted by Gasteiger charge is -2.23. The number of rotatable bonds is 5. The van der Waals surface area contributed by atoms with E-state index in [4.69, 9.17) is 5.84 Å². The van der Waals surface area contributed by atoms with Gasteiger partial charge in [0.2, 0.25) is 5.95 Å². The number of nitrogens with one attached hydrogen (secondary N) is 1. The second-order valence-electron chi connectivity index (χ2n) is 5.12. The van der Waals surface area contributed by atoms with Gasteiger partial charge in [0.25, 0.3) is 0 Å². The minimum atomic E-state index is 0.475. The smallest absolute Gasteiger partial charge is 0.240 e. The third-order valence-electron chi connectivity index (χ3n) is 3.75. The van der Waals surface area contributed by atoms with Gasteiger partial charge in [0.05, 0.1) is 5.39 Å². The molecule has 3 rings (SSSR count). The summed E-state index contributed by atoms with van der Waals surface area (Å²) in [4.78, 5) is 14.5. The number of nitrogen functional groups attached to an aromatic ring is 1. The van der Waals surface area contributed by atoms with Crippen molar-refractivity contribution in [3.05, 3.63) is 11.4 Å². The number of anilines is 2. The number of likely N-dealkylation sites (N-methyl/N-ethyl adjacent to an activating group) is 1. The van der Waals surface area contributed by atoms with Crippen molar-refractivity contribution < 1.29 is 0 Å². The molecule has 0 amide bonds. The quantitative estimate of drug-likeness (QED) is 0.643. The molecule has 20 heavy (non-hydrogen) atoms. The van der Waals surface area contributed by atoms with Crippen LogP contribution in [0.15, 0.2) is 11.4 Å². The van der Waals surface area contributed by atoms with Gasteiger partial charge >= 0.3 is 0 Å². The predicted octanol–water partition coefficient (Wildman–Crippen LogP) is 1.51. The fourth-order valence-electron chi connectivity index (χ4n) is 2.60. The maximum absolute atomic E-state index is 5.46. The van der Waals surface area contributed by atoms with Crippen LogP contribution in [0.2, 0.25) is 0 Å². The number of thiophene rings is 1. The molecule has 0 saturated carbocycles. The Hall–Kier alpha value is -1.44. The number of aromatic nitrogens is 2. The fourth-order valence-corrected chi connectivity index (χ4v) is 3.36. The van der Waals surface area contributed by atoms with Gasteiger partial charge in [-0.05, 0) is 37.4 Å². The Morgan fingerprint density at radius 3 is 2.95 bits per heavy atom. The highest BCUT2D eigenvalue weighted by Crippen LogP contribution is 2.28. The average Bonchev–Trinajstić information content (AvgIpc) is 3.14. The minimum absolute atomic E-state index is 0.475. The monoisotopic (exact) mass is 292 g/mol. The van der Waals surface area contributed by atoms with E-state index in [0.29, 0.717) is 5.95 Å². The summed E-state index contributed by atoms with van der Waals surface area (Å²) in [6, 6.07) is 2.07. The van der Waals surface area contributed by atoms with E-state index < -0.39 is 0 Å². The summed E-state index contributed by atoms with van der Waals surface area (Å²) in [6.07, 6.45) is 2.65. The largest absolute Gasteiger partial charge is 0.358 e. The van der Waals surface area contributed by atoms with Gasteiger partial charge in [-0.1, -0.05) is 0 Å². The highest BCUT2D eigenvalue weighted by Gasteiger charge is 2.15. The molecule has 0 radical (unpaired) electrons. The predicted molar refractivity (Wildman–Crippen MR) is 84.2 cm³/mol. The second kappa shape index (κ2) is 5.90. The lowest BCUT2D eigenvalue weighted by Crippen LogP contribution is -2.32. The Bertz CT molecular complexity index is 577. The molecule has 2 aromatic rings. The first kappa shape index (κ1) is 13.5. The molecule has 0 spiro atoms. The summed E-state index contributed by atoms with van der Waals surface area (Å²) in [7, 11) is 2.08. The summed E-state index contributed by atoms with van der Waals surface area (Å²) in [5.41, 5.74) is 2.55. The number of fused-ring (bicyclic) bond motifs is 1. The minimum Gasteiger partial charge on any atom is -0.358 e. The molecule has 1 aliphatic rings. The SMILES string of the molecule is CN(CCN1CCCC1)c1nc(NN)nc2sccc12. The van der Waals surface area contributed by atoms with E-state index >= 15 is 0 Å². The first-order valence-electron chi connectivity index (χ1n) is 6.93. The van der Waals surface area contributed by atoms with E-state index in [-0.39, 0.29) is 0 Å². The van der Waals surface area contributed by atoms with Gasteiger partial charge in [-0.15, -0.1) is 11.3 Å². The number of nitrogens with zero attached hydrogens (tertiary/aromatic N) is 4. The molecule has 7 heteroatoms. The van der Waals surface area contributed by atoms with E-state index in [2.05, 4.69) is 38.3 Å². The van der Waals surface area contributed by atoms with E-state index in [1.807, 2.05) is 5.38 Å². The molecule has 0 unspecified atom stereocenters. The molecule has 3 heterocycles. The number of likely N-dealkylation sites (tertiary alicyclic amines) is 1. The Balaban J connectivity index is 1.78. The zero-order valence-corrected chi connectivity index (χ0v) is 12.5. The molecular weight excluding hydrogens is 272 g/mol. The van der Waals surface area contributed by atoms with Crippen LogP contribution in [-0.2, 0) is 0 Å². The summed E-state index contributed by atoms with van der Waals surface area (Å²) in [5, 5.41) is 3.13. The van der Waals surface area contributed by atoms with E-state index in [1.165, 1.54) is 25.9 Å². The molecule has 0 atom stereocenters. The first-order valence-corrected chi connectivity index (χ1v) is 7.81. The lowest BCUT2D eigenvalue weighted by molar-refractivity contribution is 0.346. The van der Waals surface area contributed by atoms with Crippen molar-refractivity contribution in [3.8, 4) is 0 Å². The highest BCUT2D eigenvalue weighted by atomic mass is 32.1. The van der Waals surface area contributed by atoms with Crippen LogP contribution in [-0.4, -0.2) is 48.1 Å². The molecule has 6 nitrogen and oxygen atoms in total. The van der Waals surface area contributed by atoms with Crippen LogP contribution in [0.5, 0.6) is 0 Å².